The lowest BCUT2D eigenvalue weighted by Gasteiger charge is -2.37. The zero-order valence-corrected chi connectivity index (χ0v) is 28.3. The Labute approximate surface area is 278 Å². The van der Waals surface area contributed by atoms with Crippen LogP contribution in [0.2, 0.25) is 0 Å². The normalized spacial score (nSPS) is 17.3. The highest BCUT2D eigenvalue weighted by atomic mass is 16.5. The molecule has 0 saturated carbocycles. The van der Waals surface area contributed by atoms with Crippen molar-refractivity contribution in [1.82, 2.24) is 15.2 Å². The number of aromatic amines is 1. The van der Waals surface area contributed by atoms with E-state index < -0.39 is 0 Å². The number of nitrogens with one attached hydrogen (secondary N) is 2. The number of carbonyl (C=O) groups excluding carboxylic acids is 1. The number of hydrogen-bond acceptors (Lipinski definition) is 7. The van der Waals surface area contributed by atoms with Crippen LogP contribution in [0.4, 0.5) is 5.69 Å². The van der Waals surface area contributed by atoms with E-state index in [4.69, 9.17) is 14.2 Å². The van der Waals surface area contributed by atoms with Gasteiger partial charge in [-0.3, -0.25) is 19.5 Å². The molecule has 0 spiro atoms. The number of amides is 1. The summed E-state index contributed by atoms with van der Waals surface area (Å²) in [5.41, 5.74) is 8.58. The Bertz CT molecular complexity index is 1590. The van der Waals surface area contributed by atoms with Crippen molar-refractivity contribution in [2.24, 2.45) is 0 Å². The molecule has 6 rings (SSSR count). The average molecular weight is 643 g/mol. The molecule has 1 aliphatic carbocycles. The first-order valence-corrected chi connectivity index (χ1v) is 17.5. The average Bonchev–Trinajstić information content (AvgIpc) is 3.10. The molecule has 0 bridgehead atoms. The van der Waals surface area contributed by atoms with Crippen molar-refractivity contribution >= 4 is 11.6 Å². The fourth-order valence-corrected chi connectivity index (χ4v) is 7.44. The van der Waals surface area contributed by atoms with Crippen molar-refractivity contribution in [2.45, 2.75) is 78.4 Å². The molecule has 2 N–H and O–H groups in total. The summed E-state index contributed by atoms with van der Waals surface area (Å²) in [6, 6.07) is 13.3. The Kier molecular flexibility index (Phi) is 11.0. The molecule has 3 aliphatic rings. The van der Waals surface area contributed by atoms with Crippen LogP contribution in [-0.4, -0.2) is 74.5 Å². The highest BCUT2D eigenvalue weighted by molar-refractivity contribution is 5.99. The third-order valence-electron chi connectivity index (χ3n) is 10.0. The predicted octanol–water partition coefficient (Wildman–Crippen LogP) is 5.40. The van der Waals surface area contributed by atoms with Gasteiger partial charge in [0.2, 0.25) is 0 Å². The third kappa shape index (κ3) is 7.58. The van der Waals surface area contributed by atoms with Gasteiger partial charge in [0.05, 0.1) is 19.8 Å². The van der Waals surface area contributed by atoms with E-state index in [1.807, 2.05) is 19.9 Å². The molecular formula is C38H50N4O5. The fraction of sp³-hybridized carbons (Fsp3) is 0.526. The summed E-state index contributed by atoms with van der Waals surface area (Å²) in [6.07, 6.45) is 5.70. The van der Waals surface area contributed by atoms with Crippen LogP contribution in [0.1, 0.15) is 77.7 Å². The smallest absolute Gasteiger partial charge is 0.255 e. The summed E-state index contributed by atoms with van der Waals surface area (Å²) >= 11 is 0. The second-order valence-corrected chi connectivity index (χ2v) is 12.9. The van der Waals surface area contributed by atoms with Crippen LogP contribution in [0.15, 0.2) is 41.2 Å². The van der Waals surface area contributed by atoms with Crippen LogP contribution in [-0.2, 0) is 35.4 Å². The molecule has 1 amide bonds. The van der Waals surface area contributed by atoms with E-state index in [9.17, 15) is 9.59 Å². The maximum atomic E-state index is 14.1. The molecule has 9 heteroatoms. The monoisotopic (exact) mass is 642 g/mol. The zero-order valence-electron chi connectivity index (χ0n) is 28.3. The van der Waals surface area contributed by atoms with E-state index in [-0.39, 0.29) is 18.0 Å². The second kappa shape index (κ2) is 15.5. The molecule has 0 unspecified atom stereocenters. The van der Waals surface area contributed by atoms with Crippen molar-refractivity contribution in [3.05, 3.63) is 80.1 Å². The number of anilines is 1. The molecule has 0 atom stereocenters. The van der Waals surface area contributed by atoms with Crippen LogP contribution in [0, 0.1) is 6.92 Å². The molecule has 252 valence electrons. The van der Waals surface area contributed by atoms with Crippen molar-refractivity contribution in [1.29, 1.82) is 0 Å². The Morgan fingerprint density at radius 2 is 1.68 bits per heavy atom. The van der Waals surface area contributed by atoms with Crippen LogP contribution in [0.3, 0.4) is 0 Å². The summed E-state index contributed by atoms with van der Waals surface area (Å²) < 4.78 is 17.0. The van der Waals surface area contributed by atoms with Gasteiger partial charge in [0.1, 0.15) is 0 Å². The summed E-state index contributed by atoms with van der Waals surface area (Å²) in [7, 11) is 0. The summed E-state index contributed by atoms with van der Waals surface area (Å²) in [4.78, 5) is 35.1. The predicted molar refractivity (Wildman–Crippen MR) is 186 cm³/mol. The third-order valence-corrected chi connectivity index (χ3v) is 10.0. The van der Waals surface area contributed by atoms with Gasteiger partial charge >= 0.3 is 0 Å². The van der Waals surface area contributed by atoms with E-state index >= 15 is 0 Å². The number of nitrogens with zero attached hydrogens (tertiary/aromatic N) is 2. The van der Waals surface area contributed by atoms with Crippen LogP contribution in [0.5, 0.6) is 5.88 Å². The summed E-state index contributed by atoms with van der Waals surface area (Å²) in [6.45, 7) is 13.5. The molecular weight excluding hydrogens is 592 g/mol. The van der Waals surface area contributed by atoms with E-state index in [1.165, 1.54) is 5.56 Å². The minimum atomic E-state index is -0.186. The Hall–Kier alpha value is -3.66. The molecule has 3 aromatic rings. The van der Waals surface area contributed by atoms with Gasteiger partial charge in [0.15, 0.2) is 5.88 Å². The standard InChI is InChI=1S/C38H50N4O5/c1-4-42(30-14-18-45-19-15-30)35-23-29(28-12-10-27(11-13-28)25-41-16-20-46-21-17-41)22-33(26(35)3)36(43)39-24-34-31-8-6-7-9-32(31)38(47-5-2)40-37(34)44/h10-13,22-23,30H,4-9,14-21,24-25H2,1-3H3,(H,39,43)(H,40,44). The molecule has 2 fully saturated rings. The molecule has 2 aliphatic heterocycles. The quantitative estimate of drug-likeness (QED) is 0.290. The number of hydrogen-bond donors (Lipinski definition) is 2. The molecule has 9 nitrogen and oxygen atoms in total. The Morgan fingerprint density at radius 1 is 0.979 bits per heavy atom. The molecule has 3 heterocycles. The number of pyridine rings is 1. The van der Waals surface area contributed by atoms with E-state index in [0.29, 0.717) is 29.7 Å². The number of carbonyl (C=O) groups is 1. The SMILES string of the molecule is CCOc1[nH]c(=O)c(CNC(=O)c2cc(-c3ccc(CN4CCOCC4)cc3)cc(N(CC)C3CCOCC3)c2C)c2c1CCCC2. The lowest BCUT2D eigenvalue weighted by Crippen LogP contribution is -2.40. The van der Waals surface area contributed by atoms with Crippen molar-refractivity contribution < 1.29 is 19.0 Å². The maximum Gasteiger partial charge on any atom is 0.255 e. The topological polar surface area (TPSA) is 96.1 Å². The van der Waals surface area contributed by atoms with Gasteiger partial charge in [-0.2, -0.15) is 0 Å². The van der Waals surface area contributed by atoms with E-state index in [2.05, 4.69) is 57.4 Å². The number of benzene rings is 2. The van der Waals surface area contributed by atoms with Crippen LogP contribution < -0.4 is 20.5 Å². The molecule has 0 radical (unpaired) electrons. The Balaban J connectivity index is 1.31. The van der Waals surface area contributed by atoms with Crippen molar-refractivity contribution in [2.75, 3.05) is 57.6 Å². The van der Waals surface area contributed by atoms with Gasteiger partial charge in [-0.15, -0.1) is 0 Å². The molecule has 2 aromatic carbocycles. The minimum absolute atomic E-state index is 0.171. The highest BCUT2D eigenvalue weighted by Gasteiger charge is 2.26. The fourth-order valence-electron chi connectivity index (χ4n) is 7.44. The van der Waals surface area contributed by atoms with E-state index in [0.717, 1.165) is 125 Å². The lowest BCUT2D eigenvalue weighted by molar-refractivity contribution is 0.0342. The first kappa shape index (κ1) is 33.2. The second-order valence-electron chi connectivity index (χ2n) is 12.9. The summed E-state index contributed by atoms with van der Waals surface area (Å²) in [5, 5.41) is 3.14. The van der Waals surface area contributed by atoms with Crippen molar-refractivity contribution in [3.8, 4) is 17.0 Å². The number of fused-ring (bicyclic) bond motifs is 1. The van der Waals surface area contributed by atoms with Gasteiger partial charge < -0.3 is 24.4 Å². The number of ether oxygens (including phenoxy) is 3. The minimum Gasteiger partial charge on any atom is -0.479 e. The van der Waals surface area contributed by atoms with Gasteiger partial charge in [0.25, 0.3) is 11.5 Å². The van der Waals surface area contributed by atoms with Gasteiger partial charge in [-0.05, 0) is 99.2 Å². The first-order valence-electron chi connectivity index (χ1n) is 17.5. The number of H-pyrrole nitrogens is 1. The maximum absolute atomic E-state index is 14.1. The zero-order chi connectivity index (χ0) is 32.8. The van der Waals surface area contributed by atoms with Crippen LogP contribution in [0.25, 0.3) is 11.1 Å². The Morgan fingerprint density at radius 3 is 2.38 bits per heavy atom. The molecule has 47 heavy (non-hydrogen) atoms. The largest absolute Gasteiger partial charge is 0.479 e. The number of morpholine rings is 1. The van der Waals surface area contributed by atoms with E-state index in [1.54, 1.807) is 0 Å². The number of aromatic nitrogens is 1. The molecule has 2 saturated heterocycles. The van der Waals surface area contributed by atoms with Crippen LogP contribution >= 0.6 is 0 Å². The van der Waals surface area contributed by atoms with Gasteiger partial charge in [-0.25, -0.2) is 0 Å². The lowest BCUT2D eigenvalue weighted by atomic mass is 9.89. The summed E-state index contributed by atoms with van der Waals surface area (Å²) in [5.74, 6) is 0.412. The first-order chi connectivity index (χ1) is 23.0. The number of rotatable bonds is 11. The molecule has 1 aromatic heterocycles. The van der Waals surface area contributed by atoms with Gasteiger partial charge in [-0.1, -0.05) is 24.3 Å². The van der Waals surface area contributed by atoms with Crippen molar-refractivity contribution in [3.63, 3.8) is 0 Å². The van der Waals surface area contributed by atoms with Gasteiger partial charge in [0, 0.05) is 74.4 Å². The highest BCUT2D eigenvalue weighted by Crippen LogP contribution is 2.34.